The number of benzene rings is 1. The quantitative estimate of drug-likeness (QED) is 0.635. The molecule has 1 rings (SSSR count). The van der Waals surface area contributed by atoms with E-state index in [1.165, 1.54) is 0 Å². The van der Waals surface area contributed by atoms with E-state index in [1.807, 2.05) is 6.92 Å². The van der Waals surface area contributed by atoms with E-state index in [4.69, 9.17) is 9.47 Å². The van der Waals surface area contributed by atoms with Gasteiger partial charge in [0.25, 0.3) is 0 Å². The van der Waals surface area contributed by atoms with Crippen molar-refractivity contribution >= 4 is 11.9 Å². The molecule has 122 valence electrons. The first-order chi connectivity index (χ1) is 10.6. The third-order valence-corrected chi connectivity index (χ3v) is 3.30. The van der Waals surface area contributed by atoms with Crippen LogP contribution < -0.4 is 0 Å². The second kappa shape index (κ2) is 9.98. The van der Waals surface area contributed by atoms with Gasteiger partial charge in [0.15, 0.2) is 0 Å². The molecule has 0 N–H and O–H groups in total. The van der Waals surface area contributed by atoms with Gasteiger partial charge in [-0.25, -0.2) is 9.59 Å². The van der Waals surface area contributed by atoms with Crippen LogP contribution in [0.4, 0.5) is 0 Å². The van der Waals surface area contributed by atoms with Crippen LogP contribution in [0.2, 0.25) is 0 Å². The molecular formula is C18H26O4. The second-order valence-electron chi connectivity index (χ2n) is 5.29. The zero-order valence-electron chi connectivity index (χ0n) is 13.8. The molecule has 0 aliphatic rings. The van der Waals surface area contributed by atoms with Gasteiger partial charge >= 0.3 is 11.9 Å². The third kappa shape index (κ3) is 5.51. The van der Waals surface area contributed by atoms with Gasteiger partial charge in [-0.15, -0.1) is 0 Å². The van der Waals surface area contributed by atoms with Gasteiger partial charge in [0.05, 0.1) is 17.7 Å². The van der Waals surface area contributed by atoms with E-state index >= 15 is 0 Å². The lowest BCUT2D eigenvalue weighted by molar-refractivity contribution is 0.0249. The van der Waals surface area contributed by atoms with Crippen LogP contribution in [-0.2, 0) is 9.47 Å². The minimum atomic E-state index is -0.475. The van der Waals surface area contributed by atoms with Gasteiger partial charge in [-0.1, -0.05) is 45.7 Å². The summed E-state index contributed by atoms with van der Waals surface area (Å²) in [5.74, 6) is -0.923. The Bertz CT molecular complexity index is 476. The van der Waals surface area contributed by atoms with Crippen LogP contribution in [0.25, 0.3) is 0 Å². The molecule has 0 atom stereocenters. The molecule has 0 aliphatic heterocycles. The average molecular weight is 306 g/mol. The Balaban J connectivity index is 2.86. The normalized spacial score (nSPS) is 10.5. The van der Waals surface area contributed by atoms with E-state index in [-0.39, 0.29) is 17.2 Å². The van der Waals surface area contributed by atoms with Gasteiger partial charge in [-0.05, 0) is 31.4 Å². The van der Waals surface area contributed by atoms with E-state index in [2.05, 4.69) is 13.8 Å². The summed E-state index contributed by atoms with van der Waals surface area (Å²) in [5.41, 5.74) is 0.550. The monoisotopic (exact) mass is 306 g/mol. The lowest BCUT2D eigenvalue weighted by atomic mass is 10.1. The highest BCUT2D eigenvalue weighted by Gasteiger charge is 2.21. The number of rotatable bonds is 9. The van der Waals surface area contributed by atoms with Crippen molar-refractivity contribution in [3.63, 3.8) is 0 Å². The minimum Gasteiger partial charge on any atom is -0.462 e. The summed E-state index contributed by atoms with van der Waals surface area (Å²) in [6.07, 6.45) is 4.23. The standard InChI is InChI=1S/C18H26O4/c1-4-9-14(10-5-2)22-18(20)16-12-8-7-11-15(16)17(19)21-13-6-3/h7-8,11-12,14H,4-6,9-10,13H2,1-3H3. The molecule has 4 nitrogen and oxygen atoms in total. The molecule has 0 saturated carbocycles. The summed E-state index contributed by atoms with van der Waals surface area (Å²) in [4.78, 5) is 24.4. The van der Waals surface area contributed by atoms with Crippen molar-refractivity contribution in [2.75, 3.05) is 6.61 Å². The Morgan fingerprint density at radius 1 is 0.909 bits per heavy atom. The fraction of sp³-hybridized carbons (Fsp3) is 0.556. The molecule has 1 aromatic carbocycles. The molecule has 0 unspecified atom stereocenters. The Labute approximate surface area is 132 Å². The lowest BCUT2D eigenvalue weighted by Crippen LogP contribution is -2.20. The first kappa shape index (κ1) is 18.2. The smallest absolute Gasteiger partial charge is 0.339 e. The molecule has 0 saturated heterocycles. The third-order valence-electron chi connectivity index (χ3n) is 3.30. The number of ether oxygens (including phenoxy) is 2. The highest BCUT2D eigenvalue weighted by Crippen LogP contribution is 2.16. The fourth-order valence-corrected chi connectivity index (χ4v) is 2.23. The van der Waals surface area contributed by atoms with E-state index in [0.29, 0.717) is 6.61 Å². The molecule has 1 aromatic rings. The van der Waals surface area contributed by atoms with Crippen LogP contribution in [0.5, 0.6) is 0 Å². The molecular weight excluding hydrogens is 280 g/mol. The summed E-state index contributed by atoms with van der Waals surface area (Å²) in [6, 6.07) is 6.65. The number of carbonyl (C=O) groups excluding carboxylic acids is 2. The van der Waals surface area contributed by atoms with Crippen molar-refractivity contribution in [2.45, 2.75) is 59.0 Å². The fourth-order valence-electron chi connectivity index (χ4n) is 2.23. The summed E-state index contributed by atoms with van der Waals surface area (Å²) in [6.45, 7) is 6.39. The first-order valence-electron chi connectivity index (χ1n) is 8.11. The molecule has 0 heterocycles. The maximum Gasteiger partial charge on any atom is 0.339 e. The molecule has 0 aliphatic carbocycles. The van der Waals surface area contributed by atoms with Gasteiger partial charge in [0.1, 0.15) is 6.10 Å². The number of hydrogen-bond acceptors (Lipinski definition) is 4. The van der Waals surface area contributed by atoms with Crippen LogP contribution in [-0.4, -0.2) is 24.6 Å². The van der Waals surface area contributed by atoms with E-state index < -0.39 is 11.9 Å². The maximum absolute atomic E-state index is 12.4. The lowest BCUT2D eigenvalue weighted by Gasteiger charge is -2.17. The average Bonchev–Trinajstić information content (AvgIpc) is 2.53. The highest BCUT2D eigenvalue weighted by atomic mass is 16.5. The molecule has 4 heteroatoms. The molecule has 0 fully saturated rings. The maximum atomic E-state index is 12.4. The van der Waals surface area contributed by atoms with E-state index in [9.17, 15) is 9.59 Å². The molecule has 0 bridgehead atoms. The predicted molar refractivity (Wildman–Crippen MR) is 86.0 cm³/mol. The van der Waals surface area contributed by atoms with Gasteiger partial charge in [-0.2, -0.15) is 0 Å². The zero-order chi connectivity index (χ0) is 16.4. The van der Waals surface area contributed by atoms with Crippen LogP contribution in [0, 0.1) is 0 Å². The second-order valence-corrected chi connectivity index (χ2v) is 5.29. The summed E-state index contributed by atoms with van der Waals surface area (Å²) >= 11 is 0. The zero-order valence-corrected chi connectivity index (χ0v) is 13.8. The SMILES string of the molecule is CCCOC(=O)c1ccccc1C(=O)OC(CCC)CCC. The van der Waals surface area contributed by atoms with Crippen molar-refractivity contribution in [3.8, 4) is 0 Å². The van der Waals surface area contributed by atoms with Crippen LogP contribution in [0.15, 0.2) is 24.3 Å². The molecule has 0 aromatic heterocycles. The number of esters is 2. The van der Waals surface area contributed by atoms with Crippen molar-refractivity contribution < 1.29 is 19.1 Å². The highest BCUT2D eigenvalue weighted by molar-refractivity contribution is 6.03. The topological polar surface area (TPSA) is 52.6 Å². The van der Waals surface area contributed by atoms with Crippen molar-refractivity contribution in [3.05, 3.63) is 35.4 Å². The molecule has 0 radical (unpaired) electrons. The van der Waals surface area contributed by atoms with Crippen LogP contribution >= 0.6 is 0 Å². The Kier molecular flexibility index (Phi) is 8.26. The van der Waals surface area contributed by atoms with E-state index in [0.717, 1.165) is 32.1 Å². The first-order valence-corrected chi connectivity index (χ1v) is 8.11. The van der Waals surface area contributed by atoms with Gasteiger partial charge in [0, 0.05) is 0 Å². The van der Waals surface area contributed by atoms with E-state index in [1.54, 1.807) is 24.3 Å². The molecule has 0 amide bonds. The van der Waals surface area contributed by atoms with Crippen molar-refractivity contribution in [1.29, 1.82) is 0 Å². The summed E-state index contributed by atoms with van der Waals surface area (Å²) < 4.78 is 10.7. The Morgan fingerprint density at radius 3 is 1.95 bits per heavy atom. The van der Waals surface area contributed by atoms with Gasteiger partial charge < -0.3 is 9.47 Å². The van der Waals surface area contributed by atoms with Crippen molar-refractivity contribution in [1.82, 2.24) is 0 Å². The van der Waals surface area contributed by atoms with Crippen LogP contribution in [0.1, 0.15) is 73.6 Å². The van der Waals surface area contributed by atoms with Crippen molar-refractivity contribution in [2.24, 2.45) is 0 Å². The number of hydrogen-bond donors (Lipinski definition) is 0. The molecule has 0 spiro atoms. The Morgan fingerprint density at radius 2 is 1.45 bits per heavy atom. The molecule has 22 heavy (non-hydrogen) atoms. The summed E-state index contributed by atoms with van der Waals surface area (Å²) in [7, 11) is 0. The predicted octanol–water partition coefficient (Wildman–Crippen LogP) is 4.38. The number of carbonyl (C=O) groups is 2. The van der Waals surface area contributed by atoms with Gasteiger partial charge in [-0.3, -0.25) is 0 Å². The van der Waals surface area contributed by atoms with Gasteiger partial charge in [0.2, 0.25) is 0 Å². The van der Waals surface area contributed by atoms with Crippen LogP contribution in [0.3, 0.4) is 0 Å². The Hall–Kier alpha value is -1.84. The summed E-state index contributed by atoms with van der Waals surface area (Å²) in [5, 5.41) is 0. The minimum absolute atomic E-state index is 0.0952. The largest absolute Gasteiger partial charge is 0.462 e.